The van der Waals surface area contributed by atoms with Gasteiger partial charge in [-0.1, -0.05) is 44.2 Å². The Kier molecular flexibility index (Phi) is 3.22. The molecular weight excluding hydrogens is 262 g/mol. The molecule has 0 unspecified atom stereocenters. The third-order valence-corrected chi connectivity index (χ3v) is 3.62. The lowest BCUT2D eigenvalue weighted by molar-refractivity contribution is 0.0994. The van der Waals surface area contributed by atoms with Gasteiger partial charge in [0.1, 0.15) is 5.69 Å². The molecule has 0 saturated heterocycles. The molecule has 3 aromatic rings. The minimum atomic E-state index is -0.475. The van der Waals surface area contributed by atoms with Crippen LogP contribution in [0.5, 0.6) is 0 Å². The Balaban J connectivity index is 2.19. The van der Waals surface area contributed by atoms with Crippen molar-refractivity contribution in [3.63, 3.8) is 0 Å². The van der Waals surface area contributed by atoms with E-state index in [-0.39, 0.29) is 0 Å². The lowest BCUT2D eigenvalue weighted by Crippen LogP contribution is -2.17. The van der Waals surface area contributed by atoms with E-state index in [0.717, 1.165) is 16.6 Å². The zero-order valence-corrected chi connectivity index (χ0v) is 12.1. The Morgan fingerprint density at radius 1 is 1.10 bits per heavy atom. The van der Waals surface area contributed by atoms with Crippen LogP contribution in [0.4, 0.5) is 0 Å². The standard InChI is InChI=1S/C17H17N3O/c1-11(2)12-7-9-13(10-8-12)20-16(17(18)21)14-5-3-4-6-15(14)19-20/h3-11H,1-2H3,(H2,18,21). The molecule has 0 atom stereocenters. The fourth-order valence-corrected chi connectivity index (χ4v) is 2.46. The molecule has 2 aromatic carbocycles. The molecule has 106 valence electrons. The maximum Gasteiger partial charge on any atom is 0.268 e. The molecule has 0 aliphatic carbocycles. The molecule has 0 fully saturated rings. The van der Waals surface area contributed by atoms with Gasteiger partial charge in [0.05, 0.1) is 11.2 Å². The van der Waals surface area contributed by atoms with Crippen molar-refractivity contribution in [3.05, 3.63) is 59.8 Å². The van der Waals surface area contributed by atoms with Gasteiger partial charge in [-0.25, -0.2) is 4.68 Å². The molecule has 0 spiro atoms. The lowest BCUT2D eigenvalue weighted by Gasteiger charge is -2.08. The Morgan fingerprint density at radius 2 is 1.76 bits per heavy atom. The summed E-state index contributed by atoms with van der Waals surface area (Å²) >= 11 is 0. The zero-order valence-electron chi connectivity index (χ0n) is 12.1. The fraction of sp³-hybridized carbons (Fsp3) is 0.176. The monoisotopic (exact) mass is 279 g/mol. The number of aromatic nitrogens is 2. The molecule has 1 aromatic heterocycles. The van der Waals surface area contributed by atoms with E-state index in [1.165, 1.54) is 5.56 Å². The van der Waals surface area contributed by atoms with E-state index in [4.69, 9.17) is 5.73 Å². The van der Waals surface area contributed by atoms with Crippen LogP contribution in [0.15, 0.2) is 48.5 Å². The smallest absolute Gasteiger partial charge is 0.268 e. The van der Waals surface area contributed by atoms with Crippen LogP contribution in [-0.2, 0) is 0 Å². The quantitative estimate of drug-likeness (QED) is 0.800. The first kappa shape index (κ1) is 13.4. The Hall–Kier alpha value is -2.62. The third kappa shape index (κ3) is 2.29. The summed E-state index contributed by atoms with van der Waals surface area (Å²) in [6, 6.07) is 15.5. The van der Waals surface area contributed by atoms with Crippen molar-refractivity contribution in [1.29, 1.82) is 0 Å². The summed E-state index contributed by atoms with van der Waals surface area (Å²) in [5.41, 5.74) is 8.81. The minimum absolute atomic E-state index is 0.419. The van der Waals surface area contributed by atoms with E-state index >= 15 is 0 Å². The maximum absolute atomic E-state index is 11.8. The minimum Gasteiger partial charge on any atom is -0.364 e. The summed E-state index contributed by atoms with van der Waals surface area (Å²) in [6.45, 7) is 4.29. The van der Waals surface area contributed by atoms with Crippen LogP contribution in [0.2, 0.25) is 0 Å². The first-order valence-electron chi connectivity index (χ1n) is 6.96. The zero-order chi connectivity index (χ0) is 15.0. The number of nitrogens with two attached hydrogens (primary N) is 1. The van der Waals surface area contributed by atoms with E-state index in [9.17, 15) is 4.79 Å². The molecule has 2 N–H and O–H groups in total. The fourth-order valence-electron chi connectivity index (χ4n) is 2.46. The number of carbonyl (C=O) groups is 1. The van der Waals surface area contributed by atoms with E-state index in [2.05, 4.69) is 31.1 Å². The number of nitrogens with zero attached hydrogens (tertiary/aromatic N) is 2. The van der Waals surface area contributed by atoms with Gasteiger partial charge in [0, 0.05) is 5.39 Å². The molecule has 0 bridgehead atoms. The summed E-state index contributed by atoms with van der Waals surface area (Å²) in [5.74, 6) is -0.0111. The average molecular weight is 279 g/mol. The second-order valence-electron chi connectivity index (χ2n) is 5.39. The van der Waals surface area contributed by atoms with E-state index in [1.807, 2.05) is 36.4 Å². The van der Waals surface area contributed by atoms with Gasteiger partial charge in [-0.15, -0.1) is 0 Å². The van der Waals surface area contributed by atoms with Crippen molar-refractivity contribution in [3.8, 4) is 5.69 Å². The summed E-state index contributed by atoms with van der Waals surface area (Å²) < 4.78 is 1.62. The second kappa shape index (κ2) is 5.05. The molecule has 0 aliphatic rings. The van der Waals surface area contributed by atoms with Crippen molar-refractivity contribution in [2.24, 2.45) is 5.73 Å². The van der Waals surface area contributed by atoms with Gasteiger partial charge in [0.25, 0.3) is 5.91 Å². The van der Waals surface area contributed by atoms with E-state index < -0.39 is 5.91 Å². The van der Waals surface area contributed by atoms with Crippen molar-refractivity contribution < 1.29 is 4.79 Å². The highest BCUT2D eigenvalue weighted by Crippen LogP contribution is 2.23. The van der Waals surface area contributed by atoms with E-state index in [0.29, 0.717) is 11.6 Å². The van der Waals surface area contributed by atoms with Gasteiger partial charge in [0.15, 0.2) is 0 Å². The molecule has 0 aliphatic heterocycles. The number of amides is 1. The van der Waals surface area contributed by atoms with Crippen molar-refractivity contribution in [2.45, 2.75) is 19.8 Å². The SMILES string of the molecule is CC(C)c1ccc(-n2nc3ccccc3c2C(N)=O)cc1. The Labute approximate surface area is 123 Å². The molecule has 0 radical (unpaired) electrons. The highest BCUT2D eigenvalue weighted by molar-refractivity contribution is 6.04. The number of rotatable bonds is 3. The lowest BCUT2D eigenvalue weighted by atomic mass is 10.0. The molecule has 4 heteroatoms. The summed E-state index contributed by atoms with van der Waals surface area (Å²) in [4.78, 5) is 11.8. The number of hydrogen-bond acceptors (Lipinski definition) is 2. The molecule has 4 nitrogen and oxygen atoms in total. The van der Waals surface area contributed by atoms with Gasteiger partial charge < -0.3 is 5.73 Å². The van der Waals surface area contributed by atoms with Crippen molar-refractivity contribution in [2.75, 3.05) is 0 Å². The molecular formula is C17H17N3O. The topological polar surface area (TPSA) is 60.9 Å². The third-order valence-electron chi connectivity index (χ3n) is 3.62. The molecule has 21 heavy (non-hydrogen) atoms. The number of hydrogen-bond donors (Lipinski definition) is 1. The number of benzene rings is 2. The van der Waals surface area contributed by atoms with E-state index in [1.54, 1.807) is 4.68 Å². The van der Waals surface area contributed by atoms with Gasteiger partial charge in [-0.2, -0.15) is 5.10 Å². The van der Waals surface area contributed by atoms with Crippen molar-refractivity contribution >= 4 is 16.8 Å². The Morgan fingerprint density at radius 3 is 2.38 bits per heavy atom. The first-order valence-corrected chi connectivity index (χ1v) is 6.96. The summed E-state index contributed by atoms with van der Waals surface area (Å²) in [5, 5.41) is 5.27. The predicted molar refractivity (Wildman–Crippen MR) is 83.7 cm³/mol. The van der Waals surface area contributed by atoms with Crippen LogP contribution < -0.4 is 5.73 Å². The van der Waals surface area contributed by atoms with Crippen molar-refractivity contribution in [1.82, 2.24) is 9.78 Å². The van der Waals surface area contributed by atoms with Gasteiger partial charge in [-0.3, -0.25) is 4.79 Å². The second-order valence-corrected chi connectivity index (χ2v) is 5.39. The maximum atomic E-state index is 11.8. The molecule has 0 saturated carbocycles. The summed E-state index contributed by atoms with van der Waals surface area (Å²) in [7, 11) is 0. The van der Waals surface area contributed by atoms with Crippen LogP contribution >= 0.6 is 0 Å². The highest BCUT2D eigenvalue weighted by atomic mass is 16.1. The largest absolute Gasteiger partial charge is 0.364 e. The van der Waals surface area contributed by atoms with Crippen LogP contribution in [-0.4, -0.2) is 15.7 Å². The van der Waals surface area contributed by atoms with Crippen LogP contribution in [0.3, 0.4) is 0 Å². The van der Waals surface area contributed by atoms with Crippen LogP contribution in [0, 0.1) is 0 Å². The molecule has 3 rings (SSSR count). The average Bonchev–Trinajstić information content (AvgIpc) is 2.86. The molecule has 1 heterocycles. The highest BCUT2D eigenvalue weighted by Gasteiger charge is 2.16. The predicted octanol–water partition coefficient (Wildman–Crippen LogP) is 3.25. The first-order chi connectivity index (χ1) is 10.1. The summed E-state index contributed by atoms with van der Waals surface area (Å²) in [6.07, 6.45) is 0. The molecule has 1 amide bonds. The van der Waals surface area contributed by atoms with Gasteiger partial charge in [0.2, 0.25) is 0 Å². The number of fused-ring (bicyclic) bond motifs is 1. The van der Waals surface area contributed by atoms with Gasteiger partial charge in [-0.05, 0) is 29.7 Å². The van der Waals surface area contributed by atoms with Crippen LogP contribution in [0.25, 0.3) is 16.6 Å². The Bertz CT molecular complexity index is 801. The van der Waals surface area contributed by atoms with Crippen LogP contribution in [0.1, 0.15) is 35.8 Å². The van der Waals surface area contributed by atoms with Gasteiger partial charge >= 0.3 is 0 Å². The number of primary amides is 1. The number of carbonyl (C=O) groups excluding carboxylic acids is 1. The normalized spacial score (nSPS) is 11.2.